The molecule has 0 radical (unpaired) electrons. The number of nitrogens with two attached hydrogens (primary N) is 1. The summed E-state index contributed by atoms with van der Waals surface area (Å²) in [7, 11) is 1.18. The number of carbonyl (C=O) groups excluding carboxylic acids is 5. The molecular formula is C21H29NO12. The van der Waals surface area contributed by atoms with Gasteiger partial charge in [-0.15, -0.1) is 0 Å². The van der Waals surface area contributed by atoms with Gasteiger partial charge in [-0.3, -0.25) is 4.79 Å². The number of amides is 1. The largest absolute Gasteiger partial charge is 0.478 e. The molecule has 0 spiro atoms. The molecule has 13 nitrogen and oxygen atoms in total. The van der Waals surface area contributed by atoms with E-state index in [-0.39, 0.29) is 7.43 Å². The van der Waals surface area contributed by atoms with Crippen molar-refractivity contribution in [3.05, 3.63) is 49.1 Å². The van der Waals surface area contributed by atoms with Crippen LogP contribution in [0.15, 0.2) is 49.1 Å². The fourth-order valence-electron chi connectivity index (χ4n) is 1.02. The number of cyclic esters (lactones) is 2. The van der Waals surface area contributed by atoms with Crippen molar-refractivity contribution in [1.29, 1.82) is 0 Å². The Hall–Kier alpha value is -4.55. The molecule has 0 aliphatic carbocycles. The maximum absolute atomic E-state index is 10.6. The SMILES string of the molecule is C.C=CC(N)=O.CCCCOC(=O)/C=C/C(=O)O.COC(=O)/C=C/C(=O)O.O=C1C=CC(=O)O1. The van der Waals surface area contributed by atoms with E-state index in [1.165, 1.54) is 7.11 Å². The third kappa shape index (κ3) is 34.9. The summed E-state index contributed by atoms with van der Waals surface area (Å²) in [5.41, 5.74) is 4.53. The van der Waals surface area contributed by atoms with E-state index in [0.717, 1.165) is 49.3 Å². The zero-order chi connectivity index (χ0) is 26.2. The van der Waals surface area contributed by atoms with Crippen LogP contribution in [0, 0.1) is 0 Å². The van der Waals surface area contributed by atoms with E-state index >= 15 is 0 Å². The minimum atomic E-state index is -1.17. The Morgan fingerprint density at radius 3 is 1.65 bits per heavy atom. The molecule has 13 heteroatoms. The Bertz CT molecular complexity index is 778. The first-order valence-corrected chi connectivity index (χ1v) is 8.81. The number of carboxylic acids is 2. The molecule has 0 bridgehead atoms. The van der Waals surface area contributed by atoms with Crippen molar-refractivity contribution in [3.8, 4) is 0 Å². The highest BCUT2D eigenvalue weighted by Crippen LogP contribution is 1.92. The number of hydrogen-bond acceptors (Lipinski definition) is 10. The van der Waals surface area contributed by atoms with Crippen molar-refractivity contribution in [2.75, 3.05) is 13.7 Å². The molecular weight excluding hydrogens is 458 g/mol. The van der Waals surface area contributed by atoms with Gasteiger partial charge >= 0.3 is 35.8 Å². The van der Waals surface area contributed by atoms with Gasteiger partial charge in [-0.25, -0.2) is 28.8 Å². The van der Waals surface area contributed by atoms with Crippen molar-refractivity contribution in [1.82, 2.24) is 0 Å². The van der Waals surface area contributed by atoms with Crippen LogP contribution in [0.25, 0.3) is 0 Å². The number of methoxy groups -OCH3 is 1. The molecule has 0 saturated carbocycles. The summed E-state index contributed by atoms with van der Waals surface area (Å²) in [5, 5.41) is 16.1. The van der Waals surface area contributed by atoms with Gasteiger partial charge < -0.3 is 30.2 Å². The lowest BCUT2D eigenvalue weighted by Gasteiger charge is -1.97. The van der Waals surface area contributed by atoms with E-state index in [2.05, 4.69) is 26.5 Å². The van der Waals surface area contributed by atoms with Crippen molar-refractivity contribution < 1.29 is 58.0 Å². The second-order valence-corrected chi connectivity index (χ2v) is 5.07. The number of carbonyl (C=O) groups is 7. The zero-order valence-electron chi connectivity index (χ0n) is 17.9. The Morgan fingerprint density at radius 2 is 1.38 bits per heavy atom. The molecule has 34 heavy (non-hydrogen) atoms. The Kier molecular flexibility index (Phi) is 26.8. The van der Waals surface area contributed by atoms with Gasteiger partial charge in [-0.1, -0.05) is 27.4 Å². The maximum Gasteiger partial charge on any atom is 0.338 e. The molecule has 1 aliphatic heterocycles. The van der Waals surface area contributed by atoms with Gasteiger partial charge in [-0.05, 0) is 12.5 Å². The maximum atomic E-state index is 10.6. The molecule has 1 amide bonds. The zero-order valence-corrected chi connectivity index (χ0v) is 17.9. The van der Waals surface area contributed by atoms with E-state index in [0.29, 0.717) is 12.7 Å². The lowest BCUT2D eigenvalue weighted by molar-refractivity contribution is -0.150. The van der Waals surface area contributed by atoms with Gasteiger partial charge in [0.2, 0.25) is 5.91 Å². The third-order valence-electron chi connectivity index (χ3n) is 2.43. The summed E-state index contributed by atoms with van der Waals surface area (Å²) in [5.74, 6) is -5.23. The molecule has 0 saturated heterocycles. The molecule has 4 N–H and O–H groups in total. The summed E-state index contributed by atoms with van der Waals surface area (Å²) in [6.07, 6.45) is 8.17. The van der Waals surface area contributed by atoms with Crippen LogP contribution in [0.2, 0.25) is 0 Å². The lowest BCUT2D eigenvalue weighted by Crippen LogP contribution is -2.04. The highest BCUT2D eigenvalue weighted by molar-refractivity contribution is 6.04. The first-order chi connectivity index (χ1) is 15.4. The number of rotatable bonds is 8. The minimum Gasteiger partial charge on any atom is -0.478 e. The summed E-state index contributed by atoms with van der Waals surface area (Å²) >= 11 is 0. The molecule has 0 aromatic rings. The predicted molar refractivity (Wildman–Crippen MR) is 118 cm³/mol. The summed E-state index contributed by atoms with van der Waals surface area (Å²) in [4.78, 5) is 69.8. The Balaban J connectivity index is -0.000000183. The number of hydrogen-bond donors (Lipinski definition) is 3. The number of ether oxygens (including phenoxy) is 3. The van der Waals surface area contributed by atoms with Gasteiger partial charge in [0.25, 0.3) is 0 Å². The lowest BCUT2D eigenvalue weighted by atomic mass is 10.4. The van der Waals surface area contributed by atoms with Crippen molar-refractivity contribution in [2.45, 2.75) is 27.2 Å². The highest BCUT2D eigenvalue weighted by atomic mass is 16.6. The average Bonchev–Trinajstić information content (AvgIpc) is 3.14. The molecule has 190 valence electrons. The van der Waals surface area contributed by atoms with Crippen LogP contribution >= 0.6 is 0 Å². The van der Waals surface area contributed by atoms with E-state index in [4.69, 9.17) is 10.2 Å². The van der Waals surface area contributed by atoms with Crippen LogP contribution in [0.4, 0.5) is 0 Å². The summed E-state index contributed by atoms with van der Waals surface area (Å²) in [6.45, 7) is 5.41. The molecule has 0 unspecified atom stereocenters. The van der Waals surface area contributed by atoms with E-state index in [1.807, 2.05) is 6.92 Å². The fourth-order valence-corrected chi connectivity index (χ4v) is 1.02. The number of unbranched alkanes of at least 4 members (excludes halogenated alkanes) is 1. The quantitative estimate of drug-likeness (QED) is 0.142. The highest BCUT2D eigenvalue weighted by Gasteiger charge is 2.10. The second kappa shape index (κ2) is 24.7. The number of aliphatic carboxylic acids is 2. The van der Waals surface area contributed by atoms with Gasteiger partial charge in [0.15, 0.2) is 0 Å². The monoisotopic (exact) mass is 487 g/mol. The van der Waals surface area contributed by atoms with Crippen LogP contribution in [-0.2, 0) is 47.8 Å². The van der Waals surface area contributed by atoms with Crippen LogP contribution in [0.1, 0.15) is 27.2 Å². The first-order valence-electron chi connectivity index (χ1n) is 8.81. The van der Waals surface area contributed by atoms with Crippen LogP contribution in [0.5, 0.6) is 0 Å². The third-order valence-corrected chi connectivity index (χ3v) is 2.43. The van der Waals surface area contributed by atoms with E-state index in [1.54, 1.807) is 0 Å². The molecule has 1 aliphatic rings. The molecule has 1 heterocycles. The van der Waals surface area contributed by atoms with Crippen molar-refractivity contribution >= 4 is 41.7 Å². The predicted octanol–water partition coefficient (Wildman–Crippen LogP) is 0.691. The Labute approximate surface area is 196 Å². The standard InChI is InChI=1S/C8H12O4.C5H6O4.C4H2O3.C3H5NO.CH4/c1-2-3-6-12-8(11)5-4-7(9)10;1-9-5(8)3-2-4(6)7;5-3-1-2-4(6)7-3;1-2-3(4)5;/h4-5H,2-3,6H2,1H3,(H,9,10);2-3H,1H3,(H,6,7);1-2H;2H,1H2,(H2,4,5);1H4/b5-4+;3-2+;;;. The van der Waals surface area contributed by atoms with E-state index < -0.39 is 41.7 Å². The Morgan fingerprint density at radius 1 is 0.971 bits per heavy atom. The fraction of sp³-hybridized carbons (Fsp3) is 0.286. The minimum absolute atomic E-state index is 0. The molecule has 0 aromatic carbocycles. The summed E-state index contributed by atoms with van der Waals surface area (Å²) in [6, 6.07) is 0. The van der Waals surface area contributed by atoms with Crippen molar-refractivity contribution in [3.63, 3.8) is 0 Å². The molecule has 0 fully saturated rings. The van der Waals surface area contributed by atoms with Gasteiger partial charge in [0, 0.05) is 36.5 Å². The van der Waals surface area contributed by atoms with Crippen LogP contribution < -0.4 is 5.73 Å². The van der Waals surface area contributed by atoms with Crippen molar-refractivity contribution in [2.24, 2.45) is 5.73 Å². The molecule has 0 aromatic heterocycles. The average molecular weight is 487 g/mol. The van der Waals surface area contributed by atoms with Crippen LogP contribution in [0.3, 0.4) is 0 Å². The normalized spacial score (nSPS) is 10.6. The second-order valence-electron chi connectivity index (χ2n) is 5.07. The smallest absolute Gasteiger partial charge is 0.338 e. The topological polar surface area (TPSA) is 214 Å². The summed E-state index contributed by atoms with van der Waals surface area (Å²) < 4.78 is 12.7. The van der Waals surface area contributed by atoms with Crippen LogP contribution in [-0.4, -0.2) is 65.7 Å². The first kappa shape index (κ1) is 36.8. The van der Waals surface area contributed by atoms with Gasteiger partial charge in [0.1, 0.15) is 0 Å². The molecule has 0 atom stereocenters. The number of primary amides is 1. The van der Waals surface area contributed by atoms with Gasteiger partial charge in [0.05, 0.1) is 13.7 Å². The number of carboxylic acid groups (broad SMARTS) is 2. The van der Waals surface area contributed by atoms with E-state index in [9.17, 15) is 33.6 Å². The molecule has 1 rings (SSSR count). The van der Waals surface area contributed by atoms with Gasteiger partial charge in [-0.2, -0.15) is 0 Å². The number of esters is 4.